The molecule has 0 radical (unpaired) electrons. The average molecular weight is 385 g/mol. The van der Waals surface area contributed by atoms with E-state index in [0.717, 1.165) is 6.07 Å². The third-order valence-electron chi connectivity index (χ3n) is 4.68. The van der Waals surface area contributed by atoms with Gasteiger partial charge in [0.15, 0.2) is 17.9 Å². The molecule has 0 aliphatic carbocycles. The predicted octanol–water partition coefficient (Wildman–Crippen LogP) is 3.35. The highest BCUT2D eigenvalue weighted by molar-refractivity contribution is 5.89. The molecule has 0 unspecified atom stereocenters. The van der Waals surface area contributed by atoms with E-state index in [-0.39, 0.29) is 28.9 Å². The van der Waals surface area contributed by atoms with Gasteiger partial charge in [0.05, 0.1) is 36.7 Å². The summed E-state index contributed by atoms with van der Waals surface area (Å²) in [6, 6.07) is 1.11. The lowest BCUT2D eigenvalue weighted by Gasteiger charge is -2.40. The second-order valence-corrected chi connectivity index (χ2v) is 8.08. The Balaban J connectivity index is 2.07. The second kappa shape index (κ2) is 7.33. The first-order valence-corrected chi connectivity index (χ1v) is 8.98. The maximum atomic E-state index is 15.0. The molecule has 2 saturated heterocycles. The van der Waals surface area contributed by atoms with E-state index in [9.17, 15) is 18.7 Å². The Labute approximate surface area is 157 Å². The van der Waals surface area contributed by atoms with Crippen LogP contribution in [0.4, 0.5) is 14.5 Å². The Morgan fingerprint density at radius 3 is 2.22 bits per heavy atom. The van der Waals surface area contributed by atoms with Crippen LogP contribution in [0.1, 0.15) is 49.9 Å². The number of hydrogen-bond donors (Lipinski definition) is 1. The molecule has 0 spiro atoms. The van der Waals surface area contributed by atoms with Gasteiger partial charge in [-0.1, -0.05) is 13.8 Å². The first-order chi connectivity index (χ1) is 12.6. The first-order valence-electron chi connectivity index (χ1n) is 8.98. The van der Waals surface area contributed by atoms with Crippen LogP contribution in [0.2, 0.25) is 0 Å². The normalized spacial score (nSPS) is 26.2. The molecule has 8 heteroatoms. The maximum absolute atomic E-state index is 15.0. The van der Waals surface area contributed by atoms with Crippen LogP contribution in [0.15, 0.2) is 6.07 Å². The van der Waals surface area contributed by atoms with Crippen molar-refractivity contribution in [2.75, 3.05) is 31.2 Å². The zero-order valence-electron chi connectivity index (χ0n) is 15.9. The van der Waals surface area contributed by atoms with Gasteiger partial charge in [0.25, 0.3) is 0 Å². The molecule has 150 valence electrons. The van der Waals surface area contributed by atoms with Gasteiger partial charge < -0.3 is 24.2 Å². The summed E-state index contributed by atoms with van der Waals surface area (Å²) in [5, 5.41) is 9.26. The van der Waals surface area contributed by atoms with Crippen molar-refractivity contribution in [2.24, 2.45) is 5.41 Å². The zero-order valence-corrected chi connectivity index (χ0v) is 15.9. The summed E-state index contributed by atoms with van der Waals surface area (Å²) >= 11 is 0. The van der Waals surface area contributed by atoms with Gasteiger partial charge in [0, 0.05) is 24.1 Å². The topological polar surface area (TPSA) is 68.2 Å². The Bertz CT molecular complexity index is 719. The molecule has 0 saturated carbocycles. The highest BCUT2D eigenvalue weighted by Crippen LogP contribution is 2.39. The van der Waals surface area contributed by atoms with Crippen LogP contribution < -0.4 is 4.90 Å². The summed E-state index contributed by atoms with van der Waals surface area (Å²) in [7, 11) is 0. The largest absolute Gasteiger partial charge is 0.478 e. The molecule has 2 aliphatic heterocycles. The van der Waals surface area contributed by atoms with Crippen LogP contribution in [0, 0.1) is 17.0 Å². The van der Waals surface area contributed by atoms with E-state index in [0.29, 0.717) is 26.3 Å². The van der Waals surface area contributed by atoms with Crippen molar-refractivity contribution in [3.8, 4) is 0 Å². The number of hydrogen-bond acceptors (Lipinski definition) is 5. The molecule has 1 aromatic carbocycles. The number of rotatable bonds is 3. The SMILES string of the molecule is C[C@H]1CN(c2c(C3OCC(C)(C)CO3)cc(C(=O)O)c(F)c2F)C[C@H](C)O1. The highest BCUT2D eigenvalue weighted by Gasteiger charge is 2.36. The number of halogens is 2. The average Bonchev–Trinajstić information content (AvgIpc) is 2.56. The number of morpholine rings is 1. The summed E-state index contributed by atoms with van der Waals surface area (Å²) in [5.74, 6) is -4.13. The highest BCUT2D eigenvalue weighted by atomic mass is 19.2. The number of ether oxygens (including phenoxy) is 3. The molecular formula is C19H25F2NO5. The van der Waals surface area contributed by atoms with Gasteiger partial charge in [-0.3, -0.25) is 0 Å². The Kier molecular flexibility index (Phi) is 5.42. The molecule has 2 heterocycles. The van der Waals surface area contributed by atoms with E-state index in [1.807, 2.05) is 27.7 Å². The summed E-state index contributed by atoms with van der Waals surface area (Å²) < 4.78 is 46.6. The number of aromatic carboxylic acids is 1. The van der Waals surface area contributed by atoms with Crippen LogP contribution in [0.3, 0.4) is 0 Å². The molecule has 1 N–H and O–H groups in total. The lowest BCUT2D eigenvalue weighted by Crippen LogP contribution is -2.46. The number of carboxylic acids is 1. The number of nitrogens with zero attached hydrogens (tertiary/aromatic N) is 1. The summed E-state index contributed by atoms with van der Waals surface area (Å²) in [6.45, 7) is 9.02. The van der Waals surface area contributed by atoms with Gasteiger partial charge in [0.1, 0.15) is 0 Å². The van der Waals surface area contributed by atoms with Crippen molar-refractivity contribution in [1.82, 2.24) is 0 Å². The molecule has 2 aliphatic rings. The zero-order chi connectivity index (χ0) is 19.9. The van der Waals surface area contributed by atoms with E-state index >= 15 is 0 Å². The van der Waals surface area contributed by atoms with Crippen molar-refractivity contribution < 1.29 is 32.9 Å². The van der Waals surface area contributed by atoms with Crippen molar-refractivity contribution in [3.63, 3.8) is 0 Å². The van der Waals surface area contributed by atoms with Crippen molar-refractivity contribution >= 4 is 11.7 Å². The van der Waals surface area contributed by atoms with Gasteiger partial charge >= 0.3 is 5.97 Å². The molecule has 1 aromatic rings. The molecule has 0 amide bonds. The van der Waals surface area contributed by atoms with Crippen LogP contribution in [0.25, 0.3) is 0 Å². The number of benzene rings is 1. The number of anilines is 1. The minimum Gasteiger partial charge on any atom is -0.478 e. The predicted molar refractivity (Wildman–Crippen MR) is 94.0 cm³/mol. The maximum Gasteiger partial charge on any atom is 0.338 e. The fraction of sp³-hybridized carbons (Fsp3) is 0.632. The lowest BCUT2D eigenvalue weighted by molar-refractivity contribution is -0.226. The monoisotopic (exact) mass is 385 g/mol. The van der Waals surface area contributed by atoms with Gasteiger partial charge in [-0.2, -0.15) is 0 Å². The molecule has 3 rings (SSSR count). The molecule has 0 bridgehead atoms. The van der Waals surface area contributed by atoms with E-state index in [2.05, 4.69) is 0 Å². The standard InChI is InChI=1S/C19H25F2NO5/c1-10-6-22(7-11(2)27-10)16-13(18-25-8-19(3,4)9-26-18)5-12(17(23)24)14(20)15(16)21/h5,10-11,18H,6-9H2,1-4H3,(H,23,24)/t10-,11-/m0/s1. The summed E-state index contributed by atoms with van der Waals surface area (Å²) in [6.07, 6.45) is -1.33. The third kappa shape index (κ3) is 4.07. The molecular weight excluding hydrogens is 360 g/mol. The minimum atomic E-state index is -1.54. The van der Waals surface area contributed by atoms with E-state index < -0.39 is 29.5 Å². The van der Waals surface area contributed by atoms with E-state index in [1.165, 1.54) is 0 Å². The summed E-state index contributed by atoms with van der Waals surface area (Å²) in [5.41, 5.74) is -0.794. The third-order valence-corrected chi connectivity index (χ3v) is 4.68. The van der Waals surface area contributed by atoms with Crippen molar-refractivity contribution in [1.29, 1.82) is 0 Å². The van der Waals surface area contributed by atoms with Crippen LogP contribution in [-0.4, -0.2) is 49.6 Å². The van der Waals surface area contributed by atoms with Gasteiger partial charge in [-0.15, -0.1) is 0 Å². The molecule has 6 nitrogen and oxygen atoms in total. The van der Waals surface area contributed by atoms with Gasteiger partial charge in [-0.25, -0.2) is 13.6 Å². The van der Waals surface area contributed by atoms with Gasteiger partial charge in [0.2, 0.25) is 0 Å². The Morgan fingerprint density at radius 2 is 1.70 bits per heavy atom. The number of carboxylic acid groups (broad SMARTS) is 1. The fourth-order valence-corrected chi connectivity index (χ4v) is 3.53. The lowest BCUT2D eigenvalue weighted by atomic mass is 9.95. The molecule has 2 atom stereocenters. The first kappa shape index (κ1) is 20.0. The van der Waals surface area contributed by atoms with Crippen molar-refractivity contribution in [2.45, 2.75) is 46.2 Å². The second-order valence-electron chi connectivity index (χ2n) is 8.08. The molecule has 0 aromatic heterocycles. The Morgan fingerprint density at radius 1 is 1.15 bits per heavy atom. The smallest absolute Gasteiger partial charge is 0.338 e. The number of carbonyl (C=O) groups is 1. The fourth-order valence-electron chi connectivity index (χ4n) is 3.53. The van der Waals surface area contributed by atoms with Gasteiger partial charge in [-0.05, 0) is 19.9 Å². The minimum absolute atomic E-state index is 0.0239. The van der Waals surface area contributed by atoms with Crippen molar-refractivity contribution in [3.05, 3.63) is 28.8 Å². The quantitative estimate of drug-likeness (QED) is 0.861. The molecule has 2 fully saturated rings. The van der Waals surface area contributed by atoms with Crippen LogP contribution in [0.5, 0.6) is 0 Å². The Hall–Kier alpha value is -1.77. The molecule has 27 heavy (non-hydrogen) atoms. The summed E-state index contributed by atoms with van der Waals surface area (Å²) in [4.78, 5) is 13.1. The van der Waals surface area contributed by atoms with Crippen LogP contribution >= 0.6 is 0 Å². The van der Waals surface area contributed by atoms with Crippen LogP contribution in [-0.2, 0) is 14.2 Å². The van der Waals surface area contributed by atoms with E-state index in [1.54, 1.807) is 4.90 Å². The van der Waals surface area contributed by atoms with E-state index in [4.69, 9.17) is 14.2 Å².